The fourth-order valence-electron chi connectivity index (χ4n) is 1.42. The maximum Gasteiger partial charge on any atom is 0.171 e. The summed E-state index contributed by atoms with van der Waals surface area (Å²) in [6, 6.07) is 8.19. The summed E-state index contributed by atoms with van der Waals surface area (Å²) in [5, 5.41) is 0. The first-order valence-electron chi connectivity index (χ1n) is 4.79. The fraction of sp³-hybridized carbons (Fsp3) is 0.0833. The standard InChI is InChI=1S/C12H7BrClFOS/c13-9-3-1-2-8(12(9)15)10(16)6-7-4-5-11(14)17-7/h1-5H,6H2. The molecule has 0 aliphatic carbocycles. The topological polar surface area (TPSA) is 17.1 Å². The molecule has 0 radical (unpaired) electrons. The minimum atomic E-state index is -0.514. The second-order valence-electron chi connectivity index (χ2n) is 3.41. The Morgan fingerprint density at radius 3 is 2.76 bits per heavy atom. The van der Waals surface area contributed by atoms with Gasteiger partial charge in [0.05, 0.1) is 14.4 Å². The van der Waals surface area contributed by atoms with E-state index >= 15 is 0 Å². The van der Waals surface area contributed by atoms with Crippen LogP contribution in [0.3, 0.4) is 0 Å². The van der Waals surface area contributed by atoms with Gasteiger partial charge in [-0.3, -0.25) is 4.79 Å². The molecule has 0 aliphatic heterocycles. The fourth-order valence-corrected chi connectivity index (χ4v) is 2.87. The summed E-state index contributed by atoms with van der Waals surface area (Å²) < 4.78 is 14.6. The third-order valence-electron chi connectivity index (χ3n) is 2.22. The molecule has 2 aromatic rings. The summed E-state index contributed by atoms with van der Waals surface area (Å²) in [6.07, 6.45) is 0.171. The van der Waals surface area contributed by atoms with Crippen molar-refractivity contribution in [1.82, 2.24) is 0 Å². The number of carbonyl (C=O) groups is 1. The Hall–Kier alpha value is -0.710. The molecular formula is C12H7BrClFOS. The van der Waals surface area contributed by atoms with Crippen LogP contribution in [0.5, 0.6) is 0 Å². The lowest BCUT2D eigenvalue weighted by molar-refractivity contribution is 0.0990. The molecule has 0 saturated heterocycles. The van der Waals surface area contributed by atoms with Crippen molar-refractivity contribution in [3.63, 3.8) is 0 Å². The van der Waals surface area contributed by atoms with E-state index in [1.165, 1.54) is 17.4 Å². The first-order chi connectivity index (χ1) is 8.08. The van der Waals surface area contributed by atoms with Crippen LogP contribution in [-0.4, -0.2) is 5.78 Å². The van der Waals surface area contributed by atoms with Gasteiger partial charge in [-0.2, -0.15) is 0 Å². The lowest BCUT2D eigenvalue weighted by Crippen LogP contribution is -2.05. The second-order valence-corrected chi connectivity index (χ2v) is 6.06. The van der Waals surface area contributed by atoms with Gasteiger partial charge in [-0.05, 0) is 40.2 Å². The average molecular weight is 334 g/mol. The molecule has 0 amide bonds. The molecule has 0 atom stereocenters. The van der Waals surface area contributed by atoms with Crippen LogP contribution in [0, 0.1) is 5.82 Å². The first-order valence-corrected chi connectivity index (χ1v) is 6.78. The second kappa shape index (κ2) is 5.29. The van der Waals surface area contributed by atoms with Crippen molar-refractivity contribution >= 4 is 44.7 Å². The zero-order valence-corrected chi connectivity index (χ0v) is 11.7. The van der Waals surface area contributed by atoms with E-state index in [1.807, 2.05) is 0 Å². The number of hydrogen-bond donors (Lipinski definition) is 0. The van der Waals surface area contributed by atoms with Gasteiger partial charge >= 0.3 is 0 Å². The highest BCUT2D eigenvalue weighted by Gasteiger charge is 2.15. The van der Waals surface area contributed by atoms with Crippen LogP contribution in [0.1, 0.15) is 15.2 Å². The molecule has 0 saturated carbocycles. The van der Waals surface area contributed by atoms with Crippen molar-refractivity contribution in [3.8, 4) is 0 Å². The molecule has 0 aliphatic rings. The highest BCUT2D eigenvalue weighted by Crippen LogP contribution is 2.24. The zero-order valence-electron chi connectivity index (χ0n) is 8.54. The van der Waals surface area contributed by atoms with E-state index in [-0.39, 0.29) is 17.8 Å². The van der Waals surface area contributed by atoms with E-state index in [0.717, 1.165) is 4.88 Å². The summed E-state index contributed by atoms with van der Waals surface area (Å²) in [7, 11) is 0. The molecule has 0 N–H and O–H groups in total. The van der Waals surface area contributed by atoms with E-state index < -0.39 is 5.82 Å². The molecule has 0 unspecified atom stereocenters. The molecule has 1 aromatic heterocycles. The first kappa shape index (κ1) is 12.7. The number of ketones is 1. The quantitative estimate of drug-likeness (QED) is 0.742. The third kappa shape index (κ3) is 2.94. The predicted molar refractivity (Wildman–Crippen MR) is 71.5 cm³/mol. The van der Waals surface area contributed by atoms with Crippen LogP contribution in [0.4, 0.5) is 4.39 Å². The van der Waals surface area contributed by atoms with Gasteiger partial charge in [0.2, 0.25) is 0 Å². The van der Waals surface area contributed by atoms with Gasteiger partial charge < -0.3 is 0 Å². The van der Waals surface area contributed by atoms with Crippen molar-refractivity contribution in [2.45, 2.75) is 6.42 Å². The molecule has 1 heterocycles. The van der Waals surface area contributed by atoms with Crippen LogP contribution in [0.15, 0.2) is 34.8 Å². The molecular weight excluding hydrogens is 327 g/mol. The molecule has 17 heavy (non-hydrogen) atoms. The molecule has 5 heteroatoms. The predicted octanol–water partition coefficient (Wildman–Crippen LogP) is 4.73. The number of halogens is 3. The van der Waals surface area contributed by atoms with E-state index in [9.17, 15) is 9.18 Å². The summed E-state index contributed by atoms with van der Waals surface area (Å²) in [5.74, 6) is -0.762. The number of benzene rings is 1. The van der Waals surface area contributed by atoms with Crippen molar-refractivity contribution in [2.75, 3.05) is 0 Å². The van der Waals surface area contributed by atoms with Gasteiger partial charge in [0, 0.05) is 11.3 Å². The Kier molecular flexibility index (Phi) is 3.97. The lowest BCUT2D eigenvalue weighted by Gasteiger charge is -2.02. The molecule has 88 valence electrons. The molecule has 0 spiro atoms. The van der Waals surface area contributed by atoms with Crippen LogP contribution in [0.25, 0.3) is 0 Å². The molecule has 2 rings (SSSR count). The third-order valence-corrected chi connectivity index (χ3v) is 4.06. The van der Waals surface area contributed by atoms with Crippen LogP contribution in [-0.2, 0) is 6.42 Å². The number of carbonyl (C=O) groups excluding carboxylic acids is 1. The molecule has 1 aromatic carbocycles. The molecule has 1 nitrogen and oxygen atoms in total. The van der Waals surface area contributed by atoms with Crippen LogP contribution in [0.2, 0.25) is 4.34 Å². The Balaban J connectivity index is 2.23. The van der Waals surface area contributed by atoms with E-state index in [4.69, 9.17) is 11.6 Å². The van der Waals surface area contributed by atoms with Gasteiger partial charge in [-0.25, -0.2) is 4.39 Å². The van der Waals surface area contributed by atoms with Crippen molar-refractivity contribution < 1.29 is 9.18 Å². The molecule has 0 fully saturated rings. The monoisotopic (exact) mass is 332 g/mol. The Morgan fingerprint density at radius 2 is 2.12 bits per heavy atom. The normalized spacial score (nSPS) is 10.5. The van der Waals surface area contributed by atoms with Gasteiger partial charge in [-0.15, -0.1) is 11.3 Å². The Morgan fingerprint density at radius 1 is 1.35 bits per heavy atom. The average Bonchev–Trinajstić information content (AvgIpc) is 2.68. The summed E-state index contributed by atoms with van der Waals surface area (Å²) in [4.78, 5) is 12.7. The van der Waals surface area contributed by atoms with Crippen molar-refractivity contribution in [2.24, 2.45) is 0 Å². The Bertz CT molecular complexity index is 567. The smallest absolute Gasteiger partial charge is 0.171 e. The zero-order chi connectivity index (χ0) is 12.4. The minimum absolute atomic E-state index is 0.101. The van der Waals surface area contributed by atoms with E-state index in [0.29, 0.717) is 8.81 Å². The van der Waals surface area contributed by atoms with E-state index in [2.05, 4.69) is 15.9 Å². The number of thiophene rings is 1. The number of rotatable bonds is 3. The summed E-state index contributed by atoms with van der Waals surface area (Å²) in [6.45, 7) is 0. The SMILES string of the molecule is O=C(Cc1ccc(Cl)s1)c1cccc(Br)c1F. The lowest BCUT2D eigenvalue weighted by atomic mass is 10.1. The van der Waals surface area contributed by atoms with E-state index in [1.54, 1.807) is 24.3 Å². The van der Waals surface area contributed by atoms with Crippen molar-refractivity contribution in [3.05, 3.63) is 55.4 Å². The Labute approximate surface area is 115 Å². The van der Waals surface area contributed by atoms with Crippen LogP contribution >= 0.6 is 38.9 Å². The van der Waals surface area contributed by atoms with Gasteiger partial charge in [0.15, 0.2) is 5.78 Å². The van der Waals surface area contributed by atoms with Gasteiger partial charge in [0.1, 0.15) is 5.82 Å². The maximum atomic E-state index is 13.7. The van der Waals surface area contributed by atoms with Crippen LogP contribution < -0.4 is 0 Å². The molecule has 0 bridgehead atoms. The highest BCUT2D eigenvalue weighted by atomic mass is 79.9. The number of hydrogen-bond acceptors (Lipinski definition) is 2. The highest BCUT2D eigenvalue weighted by molar-refractivity contribution is 9.10. The summed E-state index contributed by atoms with van der Waals surface area (Å²) >= 11 is 10.2. The van der Waals surface area contributed by atoms with Gasteiger partial charge in [0.25, 0.3) is 0 Å². The largest absolute Gasteiger partial charge is 0.294 e. The van der Waals surface area contributed by atoms with Gasteiger partial charge in [-0.1, -0.05) is 17.7 Å². The minimum Gasteiger partial charge on any atom is -0.294 e. The van der Waals surface area contributed by atoms with Crippen molar-refractivity contribution in [1.29, 1.82) is 0 Å². The maximum absolute atomic E-state index is 13.7. The summed E-state index contributed by atoms with van der Waals surface area (Å²) in [5.41, 5.74) is 0.101. The number of Topliss-reactive ketones (excluding diaryl/α,β-unsaturated/α-hetero) is 1.